The molecule has 0 unspecified atom stereocenters. The van der Waals surface area contributed by atoms with Crippen LogP contribution in [0.5, 0.6) is 0 Å². The van der Waals surface area contributed by atoms with Gasteiger partial charge in [0.15, 0.2) is 0 Å². The van der Waals surface area contributed by atoms with E-state index in [1.54, 1.807) is 19.5 Å². The van der Waals surface area contributed by atoms with E-state index in [9.17, 15) is 0 Å². The first-order valence-corrected chi connectivity index (χ1v) is 5.71. The van der Waals surface area contributed by atoms with Gasteiger partial charge in [-0.25, -0.2) is 4.98 Å². The van der Waals surface area contributed by atoms with Crippen molar-refractivity contribution < 1.29 is 4.74 Å². The van der Waals surface area contributed by atoms with Gasteiger partial charge in [0.05, 0.1) is 18.0 Å². The van der Waals surface area contributed by atoms with Gasteiger partial charge in [-0.15, -0.1) is 0 Å². The molecule has 0 aliphatic rings. The fourth-order valence-electron chi connectivity index (χ4n) is 1.57. The topological polar surface area (TPSA) is 73.1 Å². The van der Waals surface area contributed by atoms with E-state index in [2.05, 4.69) is 15.3 Å². The lowest BCUT2D eigenvalue weighted by Gasteiger charge is -2.09. The summed E-state index contributed by atoms with van der Waals surface area (Å²) in [7, 11) is 1.66. The zero-order valence-electron chi connectivity index (χ0n) is 10.3. The Bertz CT molecular complexity index is 502. The molecule has 0 radical (unpaired) electrons. The smallest absolute Gasteiger partial charge is 0.149 e. The minimum absolute atomic E-state index is 0.612. The summed E-state index contributed by atoms with van der Waals surface area (Å²) in [5.41, 5.74) is 8.38. The van der Waals surface area contributed by atoms with Gasteiger partial charge in [0.1, 0.15) is 5.82 Å². The van der Waals surface area contributed by atoms with Crippen molar-refractivity contribution in [1.29, 1.82) is 0 Å². The molecule has 2 aromatic rings. The quantitative estimate of drug-likeness (QED) is 0.784. The Morgan fingerprint density at radius 3 is 2.72 bits per heavy atom. The van der Waals surface area contributed by atoms with E-state index < -0.39 is 0 Å². The molecule has 0 bridgehead atoms. The molecule has 94 valence electrons. The van der Waals surface area contributed by atoms with Crippen LogP contribution in [0.1, 0.15) is 0 Å². The molecule has 18 heavy (non-hydrogen) atoms. The lowest BCUT2D eigenvalue weighted by atomic mass is 10.2. The first kappa shape index (κ1) is 12.3. The van der Waals surface area contributed by atoms with E-state index in [0.717, 1.165) is 11.3 Å². The van der Waals surface area contributed by atoms with Crippen LogP contribution in [0.2, 0.25) is 0 Å². The Labute approximate surface area is 106 Å². The Morgan fingerprint density at radius 1 is 1.22 bits per heavy atom. The minimum Gasteiger partial charge on any atom is -0.396 e. The van der Waals surface area contributed by atoms with Crippen LogP contribution in [0.4, 0.5) is 11.5 Å². The average Bonchev–Trinajstić information content (AvgIpc) is 2.42. The lowest BCUT2D eigenvalue weighted by Crippen LogP contribution is -2.10. The number of anilines is 2. The molecule has 0 saturated carbocycles. The number of nitrogens with zero attached hydrogens (tertiary/aromatic N) is 2. The number of nitrogens with one attached hydrogen (secondary N) is 1. The molecule has 0 aliphatic carbocycles. The molecule has 5 heteroatoms. The Morgan fingerprint density at radius 2 is 2.00 bits per heavy atom. The first-order chi connectivity index (χ1) is 8.81. The molecule has 2 aromatic heterocycles. The monoisotopic (exact) mass is 244 g/mol. The lowest BCUT2D eigenvalue weighted by molar-refractivity contribution is 0.210. The number of ether oxygens (including phenoxy) is 1. The van der Waals surface area contributed by atoms with Crippen LogP contribution < -0.4 is 11.1 Å². The maximum absolute atomic E-state index is 5.87. The summed E-state index contributed by atoms with van der Waals surface area (Å²) in [6.45, 7) is 1.29. The second kappa shape index (κ2) is 5.97. The van der Waals surface area contributed by atoms with Crippen molar-refractivity contribution >= 4 is 11.5 Å². The van der Waals surface area contributed by atoms with Crippen LogP contribution in [-0.2, 0) is 4.74 Å². The van der Waals surface area contributed by atoms with Gasteiger partial charge >= 0.3 is 0 Å². The number of hydrogen-bond donors (Lipinski definition) is 2. The zero-order valence-corrected chi connectivity index (χ0v) is 10.3. The van der Waals surface area contributed by atoms with Crippen LogP contribution in [0.3, 0.4) is 0 Å². The van der Waals surface area contributed by atoms with Gasteiger partial charge in [-0.05, 0) is 24.3 Å². The van der Waals surface area contributed by atoms with E-state index in [4.69, 9.17) is 10.5 Å². The number of nitrogens with two attached hydrogens (primary N) is 1. The third kappa shape index (κ3) is 2.95. The summed E-state index contributed by atoms with van der Waals surface area (Å²) >= 11 is 0. The van der Waals surface area contributed by atoms with Crippen molar-refractivity contribution in [3.8, 4) is 11.3 Å². The third-order valence-electron chi connectivity index (χ3n) is 2.50. The van der Waals surface area contributed by atoms with Gasteiger partial charge < -0.3 is 15.8 Å². The average molecular weight is 244 g/mol. The van der Waals surface area contributed by atoms with Crippen molar-refractivity contribution in [3.05, 3.63) is 36.7 Å². The van der Waals surface area contributed by atoms with Crippen LogP contribution in [0, 0.1) is 0 Å². The van der Waals surface area contributed by atoms with Crippen LogP contribution in [-0.4, -0.2) is 30.2 Å². The van der Waals surface area contributed by atoms with Gasteiger partial charge in [-0.2, -0.15) is 0 Å². The molecule has 0 saturated heterocycles. The second-order valence-corrected chi connectivity index (χ2v) is 3.79. The molecule has 2 rings (SSSR count). The molecular weight excluding hydrogens is 228 g/mol. The SMILES string of the molecule is COCCNc1nc(-c2ccncc2)ccc1N. The predicted octanol–water partition coefficient (Wildman–Crippen LogP) is 1.78. The summed E-state index contributed by atoms with van der Waals surface area (Å²) in [5, 5.41) is 3.15. The van der Waals surface area contributed by atoms with E-state index in [0.29, 0.717) is 24.7 Å². The second-order valence-electron chi connectivity index (χ2n) is 3.79. The molecule has 0 fully saturated rings. The minimum atomic E-state index is 0.612. The van der Waals surface area contributed by atoms with Gasteiger partial charge in [0.25, 0.3) is 0 Å². The van der Waals surface area contributed by atoms with Crippen LogP contribution >= 0.6 is 0 Å². The van der Waals surface area contributed by atoms with Gasteiger partial charge in [0, 0.05) is 31.6 Å². The van der Waals surface area contributed by atoms with Crippen molar-refractivity contribution in [2.75, 3.05) is 31.3 Å². The zero-order chi connectivity index (χ0) is 12.8. The molecule has 0 aliphatic heterocycles. The highest BCUT2D eigenvalue weighted by Gasteiger charge is 2.04. The van der Waals surface area contributed by atoms with E-state index in [1.165, 1.54) is 0 Å². The number of hydrogen-bond acceptors (Lipinski definition) is 5. The summed E-state index contributed by atoms with van der Waals surface area (Å²) < 4.78 is 4.98. The Hall–Kier alpha value is -2.14. The summed E-state index contributed by atoms with van der Waals surface area (Å²) in [4.78, 5) is 8.48. The fraction of sp³-hybridized carbons (Fsp3) is 0.231. The number of pyridine rings is 2. The van der Waals surface area contributed by atoms with Crippen LogP contribution in [0.15, 0.2) is 36.7 Å². The number of methoxy groups -OCH3 is 1. The van der Waals surface area contributed by atoms with E-state index >= 15 is 0 Å². The van der Waals surface area contributed by atoms with Crippen molar-refractivity contribution in [3.63, 3.8) is 0 Å². The largest absolute Gasteiger partial charge is 0.396 e. The van der Waals surface area contributed by atoms with Gasteiger partial charge in [-0.1, -0.05) is 0 Å². The number of aromatic nitrogens is 2. The fourth-order valence-corrected chi connectivity index (χ4v) is 1.57. The van der Waals surface area contributed by atoms with Crippen molar-refractivity contribution in [2.45, 2.75) is 0 Å². The number of rotatable bonds is 5. The molecule has 0 atom stereocenters. The standard InChI is InChI=1S/C13H16N4O/c1-18-9-8-16-13-11(14)2-3-12(17-13)10-4-6-15-7-5-10/h2-7H,8-9,14H2,1H3,(H,16,17). The summed E-state index contributed by atoms with van der Waals surface area (Å²) in [5.74, 6) is 0.682. The first-order valence-electron chi connectivity index (χ1n) is 5.71. The Balaban J connectivity index is 2.21. The molecule has 0 amide bonds. The van der Waals surface area contributed by atoms with Crippen LogP contribution in [0.25, 0.3) is 11.3 Å². The normalized spacial score (nSPS) is 10.3. The Kier molecular flexibility index (Phi) is 4.09. The third-order valence-corrected chi connectivity index (χ3v) is 2.50. The maximum atomic E-state index is 5.87. The summed E-state index contributed by atoms with van der Waals surface area (Å²) in [6.07, 6.45) is 3.48. The molecule has 3 N–H and O–H groups in total. The number of nitrogen functional groups attached to an aromatic ring is 1. The van der Waals surface area contributed by atoms with Gasteiger partial charge in [0.2, 0.25) is 0 Å². The molecule has 2 heterocycles. The maximum Gasteiger partial charge on any atom is 0.149 e. The highest BCUT2D eigenvalue weighted by molar-refractivity contribution is 5.68. The molecule has 0 spiro atoms. The van der Waals surface area contributed by atoms with E-state index in [-0.39, 0.29) is 0 Å². The molecular formula is C13H16N4O. The predicted molar refractivity (Wildman–Crippen MR) is 72.2 cm³/mol. The van der Waals surface area contributed by atoms with Crippen molar-refractivity contribution in [2.24, 2.45) is 0 Å². The summed E-state index contributed by atoms with van der Waals surface area (Å²) in [6, 6.07) is 7.57. The van der Waals surface area contributed by atoms with Crippen molar-refractivity contribution in [1.82, 2.24) is 9.97 Å². The highest BCUT2D eigenvalue weighted by Crippen LogP contribution is 2.22. The van der Waals surface area contributed by atoms with E-state index in [1.807, 2.05) is 24.3 Å². The molecule has 5 nitrogen and oxygen atoms in total. The van der Waals surface area contributed by atoms with Gasteiger partial charge in [-0.3, -0.25) is 4.98 Å². The highest BCUT2D eigenvalue weighted by atomic mass is 16.5. The molecule has 0 aromatic carbocycles.